The summed E-state index contributed by atoms with van der Waals surface area (Å²) < 4.78 is 7.67. The number of para-hydroxylation sites is 2. The zero-order valence-electron chi connectivity index (χ0n) is 20.8. The fraction of sp³-hybridized carbons (Fsp3) is 0.167. The van der Waals surface area contributed by atoms with Gasteiger partial charge in [-0.05, 0) is 54.8 Å². The molecule has 37 heavy (non-hydrogen) atoms. The molecule has 1 atom stereocenters. The topological polar surface area (TPSA) is 110 Å². The number of benzene rings is 3. The number of rotatable bonds is 3. The second-order valence-electron chi connectivity index (χ2n) is 9.36. The fourth-order valence-corrected chi connectivity index (χ4v) is 5.47. The number of allylic oxidation sites excluding steroid dienone is 1. The molecule has 1 unspecified atom stereocenters. The molecule has 5 aromatic rings. The number of nitriles is 1. The van der Waals surface area contributed by atoms with Crippen molar-refractivity contribution in [3.8, 4) is 23.2 Å². The van der Waals surface area contributed by atoms with Crippen LogP contribution in [0.5, 0.6) is 5.75 Å². The van der Waals surface area contributed by atoms with Crippen LogP contribution >= 0.6 is 0 Å². The van der Waals surface area contributed by atoms with E-state index in [1.807, 2.05) is 68.4 Å². The van der Waals surface area contributed by atoms with Gasteiger partial charge < -0.3 is 15.5 Å². The summed E-state index contributed by atoms with van der Waals surface area (Å²) in [5.74, 6) is 0.885. The van der Waals surface area contributed by atoms with Gasteiger partial charge in [0.1, 0.15) is 23.2 Å². The average molecular weight is 488 g/mol. The Morgan fingerprint density at radius 1 is 1.14 bits per heavy atom. The molecule has 182 valence electrons. The Morgan fingerprint density at radius 3 is 2.62 bits per heavy atom. The number of hydrogen-bond donors (Lipinski definition) is 2. The van der Waals surface area contributed by atoms with Crippen molar-refractivity contribution < 1.29 is 4.74 Å². The second kappa shape index (κ2) is 8.38. The molecule has 0 saturated heterocycles. The van der Waals surface area contributed by atoms with Crippen molar-refractivity contribution in [1.82, 2.24) is 14.5 Å². The molecule has 0 radical (unpaired) electrons. The van der Waals surface area contributed by atoms with Crippen molar-refractivity contribution in [2.24, 2.45) is 12.8 Å². The second-order valence-corrected chi connectivity index (χ2v) is 9.36. The SMILES string of the molecule is CCc1cc(-c2nc3ccccc3c(=O)n2C)cc2c1OC(N)=C(C#N)C2c1c(C)[nH]c2ccccc12. The Balaban J connectivity index is 1.67. The molecule has 0 spiro atoms. The molecule has 3 aromatic carbocycles. The number of H-pyrrole nitrogens is 1. The lowest BCUT2D eigenvalue weighted by molar-refractivity contribution is 0.389. The first-order valence-corrected chi connectivity index (χ1v) is 12.2. The standard InChI is InChI=1S/C30H25N5O2/c1-4-17-13-18(29-34-24-12-8-6-10-20(24)30(36)35(29)3)14-21-26(22(15-31)28(32)37-27(17)21)25-16(2)33-23-11-7-5-9-19(23)25/h5-14,26,33H,4,32H2,1-3H3. The monoisotopic (exact) mass is 487 g/mol. The average Bonchev–Trinajstić information content (AvgIpc) is 3.24. The van der Waals surface area contributed by atoms with Crippen LogP contribution in [0.4, 0.5) is 0 Å². The van der Waals surface area contributed by atoms with Gasteiger partial charge in [0.15, 0.2) is 0 Å². The van der Waals surface area contributed by atoms with Crippen molar-refractivity contribution in [1.29, 1.82) is 5.26 Å². The normalized spacial score (nSPS) is 15.0. The number of aromatic amines is 1. The Bertz CT molecular complexity index is 1870. The Hall–Kier alpha value is -4.83. The van der Waals surface area contributed by atoms with Gasteiger partial charge in [0.25, 0.3) is 5.56 Å². The van der Waals surface area contributed by atoms with Crippen molar-refractivity contribution in [2.45, 2.75) is 26.2 Å². The summed E-state index contributed by atoms with van der Waals surface area (Å²) >= 11 is 0. The first kappa shape index (κ1) is 22.6. The van der Waals surface area contributed by atoms with E-state index in [4.69, 9.17) is 15.5 Å². The predicted molar refractivity (Wildman–Crippen MR) is 144 cm³/mol. The molecule has 1 aliphatic rings. The van der Waals surface area contributed by atoms with Crippen molar-refractivity contribution in [2.75, 3.05) is 0 Å². The molecule has 7 heteroatoms. The summed E-state index contributed by atoms with van der Waals surface area (Å²) in [7, 11) is 1.73. The highest BCUT2D eigenvalue weighted by Gasteiger charge is 2.35. The minimum absolute atomic E-state index is 0.113. The molecule has 0 amide bonds. The third-order valence-corrected chi connectivity index (χ3v) is 7.25. The number of nitrogens with one attached hydrogen (secondary N) is 1. The zero-order valence-corrected chi connectivity index (χ0v) is 20.8. The van der Waals surface area contributed by atoms with E-state index < -0.39 is 5.92 Å². The molecule has 1 aliphatic heterocycles. The van der Waals surface area contributed by atoms with E-state index in [0.717, 1.165) is 38.9 Å². The zero-order chi connectivity index (χ0) is 25.8. The van der Waals surface area contributed by atoms with Crippen LogP contribution in [0.25, 0.3) is 33.2 Å². The van der Waals surface area contributed by atoms with E-state index >= 15 is 0 Å². The van der Waals surface area contributed by atoms with Crippen LogP contribution in [-0.2, 0) is 13.5 Å². The smallest absolute Gasteiger partial charge is 0.261 e. The highest BCUT2D eigenvalue weighted by molar-refractivity contribution is 5.87. The first-order chi connectivity index (χ1) is 17.9. The first-order valence-electron chi connectivity index (χ1n) is 12.2. The Labute approximate surface area is 213 Å². The van der Waals surface area contributed by atoms with Gasteiger partial charge in [-0.15, -0.1) is 0 Å². The molecular formula is C30H25N5O2. The lowest BCUT2D eigenvalue weighted by Gasteiger charge is -2.29. The van der Waals surface area contributed by atoms with Gasteiger partial charge >= 0.3 is 0 Å². The summed E-state index contributed by atoms with van der Waals surface area (Å²) in [6, 6.07) is 21.7. The maximum absolute atomic E-state index is 13.2. The maximum Gasteiger partial charge on any atom is 0.261 e. The molecule has 6 rings (SSSR count). The molecule has 0 bridgehead atoms. The van der Waals surface area contributed by atoms with E-state index in [1.54, 1.807) is 17.7 Å². The number of nitrogens with zero attached hydrogens (tertiary/aromatic N) is 3. The molecule has 0 saturated carbocycles. The summed E-state index contributed by atoms with van der Waals surface area (Å²) in [6.45, 7) is 4.05. The summed E-state index contributed by atoms with van der Waals surface area (Å²) in [4.78, 5) is 21.5. The van der Waals surface area contributed by atoms with E-state index in [-0.39, 0.29) is 11.4 Å². The largest absolute Gasteiger partial charge is 0.440 e. The van der Waals surface area contributed by atoms with Crippen LogP contribution < -0.4 is 16.0 Å². The molecule has 3 N–H and O–H groups in total. The van der Waals surface area contributed by atoms with Gasteiger partial charge in [-0.25, -0.2) is 4.98 Å². The lowest BCUT2D eigenvalue weighted by atomic mass is 9.80. The molecule has 0 fully saturated rings. The fourth-order valence-electron chi connectivity index (χ4n) is 5.47. The van der Waals surface area contributed by atoms with Crippen molar-refractivity contribution >= 4 is 21.8 Å². The van der Waals surface area contributed by atoms with Crippen LogP contribution in [0.15, 0.2) is 76.9 Å². The number of ether oxygens (including phenoxy) is 1. The summed E-state index contributed by atoms with van der Waals surface area (Å²) in [6.07, 6.45) is 0.673. The van der Waals surface area contributed by atoms with Gasteiger partial charge in [-0.3, -0.25) is 9.36 Å². The minimum Gasteiger partial charge on any atom is -0.440 e. The molecule has 7 nitrogen and oxygen atoms in total. The van der Waals surface area contributed by atoms with Gasteiger partial charge in [-0.2, -0.15) is 5.26 Å². The number of hydrogen-bond acceptors (Lipinski definition) is 5. The van der Waals surface area contributed by atoms with Crippen LogP contribution in [-0.4, -0.2) is 14.5 Å². The number of fused-ring (bicyclic) bond motifs is 3. The van der Waals surface area contributed by atoms with Gasteiger partial charge in [-0.1, -0.05) is 37.3 Å². The van der Waals surface area contributed by atoms with Crippen LogP contribution in [0.2, 0.25) is 0 Å². The van der Waals surface area contributed by atoms with Gasteiger partial charge in [0.2, 0.25) is 5.88 Å². The quantitative estimate of drug-likeness (QED) is 0.365. The molecule has 3 heterocycles. The van der Waals surface area contributed by atoms with Crippen molar-refractivity contribution in [3.63, 3.8) is 0 Å². The molecule has 0 aliphatic carbocycles. The predicted octanol–water partition coefficient (Wildman–Crippen LogP) is 5.17. The number of aromatic nitrogens is 3. The van der Waals surface area contributed by atoms with Gasteiger partial charge in [0.05, 0.1) is 16.8 Å². The summed E-state index contributed by atoms with van der Waals surface area (Å²) in [5.41, 5.74) is 12.7. The summed E-state index contributed by atoms with van der Waals surface area (Å²) in [5, 5.41) is 11.8. The lowest BCUT2D eigenvalue weighted by Crippen LogP contribution is -2.23. The van der Waals surface area contributed by atoms with E-state index in [9.17, 15) is 10.1 Å². The van der Waals surface area contributed by atoms with E-state index in [0.29, 0.717) is 34.5 Å². The third-order valence-electron chi connectivity index (χ3n) is 7.25. The Morgan fingerprint density at radius 2 is 1.86 bits per heavy atom. The number of nitrogens with two attached hydrogens (primary N) is 1. The van der Waals surface area contributed by atoms with E-state index in [1.165, 1.54) is 0 Å². The minimum atomic E-state index is -0.437. The van der Waals surface area contributed by atoms with E-state index in [2.05, 4.69) is 11.1 Å². The van der Waals surface area contributed by atoms with Crippen LogP contribution in [0, 0.1) is 18.3 Å². The molecular weight excluding hydrogens is 462 g/mol. The van der Waals surface area contributed by atoms with Crippen LogP contribution in [0.1, 0.15) is 35.2 Å². The molecule has 2 aromatic heterocycles. The third kappa shape index (κ3) is 3.34. The van der Waals surface area contributed by atoms with Gasteiger partial charge in [0, 0.05) is 34.8 Å². The highest BCUT2D eigenvalue weighted by atomic mass is 16.5. The van der Waals surface area contributed by atoms with Crippen LogP contribution in [0.3, 0.4) is 0 Å². The highest BCUT2D eigenvalue weighted by Crippen LogP contribution is 2.48. The van der Waals surface area contributed by atoms with Crippen molar-refractivity contribution in [3.05, 3.63) is 105 Å². The number of aryl methyl sites for hydroxylation is 2. The maximum atomic E-state index is 13.2. The Kier molecular flexibility index (Phi) is 5.13.